The fourth-order valence-electron chi connectivity index (χ4n) is 1.42. The van der Waals surface area contributed by atoms with E-state index >= 15 is 0 Å². The summed E-state index contributed by atoms with van der Waals surface area (Å²) in [7, 11) is 0. The highest BCUT2D eigenvalue weighted by Crippen LogP contribution is 2.32. The van der Waals surface area contributed by atoms with Crippen LogP contribution in [0, 0.1) is 0 Å². The third-order valence-corrected chi connectivity index (χ3v) is 2.49. The molecule has 0 atom stereocenters. The first-order valence-electron chi connectivity index (χ1n) is 4.83. The molecule has 0 bridgehead atoms. The lowest BCUT2D eigenvalue weighted by Gasteiger charge is -2.04. The molecule has 1 heterocycles. The molecule has 0 saturated carbocycles. The standard InChI is InChI=1S/C12H8ClF2NO/c13-12(14,15)10-6-7-16(8-10)11(17)9-4-2-1-3-5-9/h1-8H. The van der Waals surface area contributed by atoms with Gasteiger partial charge < -0.3 is 0 Å². The minimum absolute atomic E-state index is 0.377. The number of hydrogen-bond acceptors (Lipinski definition) is 1. The lowest BCUT2D eigenvalue weighted by Crippen LogP contribution is -2.10. The molecule has 88 valence electrons. The van der Waals surface area contributed by atoms with Crippen LogP contribution in [-0.2, 0) is 5.38 Å². The van der Waals surface area contributed by atoms with Gasteiger partial charge in [0.05, 0.1) is 5.56 Å². The first-order chi connectivity index (χ1) is 7.98. The van der Waals surface area contributed by atoms with Crippen LogP contribution in [0.5, 0.6) is 0 Å². The molecule has 0 N–H and O–H groups in total. The van der Waals surface area contributed by atoms with Crippen LogP contribution in [0.15, 0.2) is 48.8 Å². The molecule has 0 radical (unpaired) electrons. The zero-order chi connectivity index (χ0) is 12.5. The van der Waals surface area contributed by atoms with Crippen LogP contribution in [0.25, 0.3) is 0 Å². The molecule has 0 unspecified atom stereocenters. The smallest absolute Gasteiger partial charge is 0.290 e. The van der Waals surface area contributed by atoms with Gasteiger partial charge in [0.2, 0.25) is 0 Å². The van der Waals surface area contributed by atoms with E-state index in [4.69, 9.17) is 11.6 Å². The second-order valence-electron chi connectivity index (χ2n) is 3.48. The molecular formula is C12H8ClF2NO. The molecule has 0 aliphatic rings. The van der Waals surface area contributed by atoms with Gasteiger partial charge in [-0.3, -0.25) is 9.36 Å². The molecular weight excluding hydrogens is 248 g/mol. The van der Waals surface area contributed by atoms with Crippen molar-refractivity contribution >= 4 is 17.5 Å². The molecule has 0 amide bonds. The van der Waals surface area contributed by atoms with Crippen molar-refractivity contribution in [3.8, 4) is 0 Å². The molecule has 0 aliphatic carbocycles. The van der Waals surface area contributed by atoms with Gasteiger partial charge >= 0.3 is 5.38 Å². The predicted octanol–water partition coefficient (Wildman–Crippen LogP) is 3.46. The van der Waals surface area contributed by atoms with E-state index in [-0.39, 0.29) is 5.91 Å². The predicted molar refractivity (Wildman–Crippen MR) is 60.3 cm³/mol. The van der Waals surface area contributed by atoms with Gasteiger partial charge in [-0.2, -0.15) is 8.78 Å². The Labute approximate surface area is 101 Å². The fraction of sp³-hybridized carbons (Fsp3) is 0.0833. The number of hydrogen-bond donors (Lipinski definition) is 0. The average Bonchev–Trinajstić information content (AvgIpc) is 2.78. The second-order valence-corrected chi connectivity index (χ2v) is 3.95. The van der Waals surface area contributed by atoms with Crippen LogP contribution in [0.2, 0.25) is 0 Å². The number of carbonyl (C=O) groups is 1. The van der Waals surface area contributed by atoms with Crippen molar-refractivity contribution in [2.75, 3.05) is 0 Å². The number of aromatic nitrogens is 1. The summed E-state index contributed by atoms with van der Waals surface area (Å²) >= 11 is 4.86. The lowest BCUT2D eigenvalue weighted by atomic mass is 10.2. The molecule has 2 aromatic rings. The van der Waals surface area contributed by atoms with E-state index in [0.29, 0.717) is 5.56 Å². The van der Waals surface area contributed by atoms with E-state index in [1.54, 1.807) is 30.3 Å². The summed E-state index contributed by atoms with van der Waals surface area (Å²) in [5, 5.41) is -3.46. The van der Waals surface area contributed by atoms with Crippen molar-refractivity contribution < 1.29 is 13.6 Å². The van der Waals surface area contributed by atoms with Crippen molar-refractivity contribution in [1.29, 1.82) is 0 Å². The second kappa shape index (κ2) is 4.30. The molecule has 2 nitrogen and oxygen atoms in total. The number of benzene rings is 1. The first-order valence-corrected chi connectivity index (χ1v) is 5.21. The van der Waals surface area contributed by atoms with Gasteiger partial charge in [-0.05, 0) is 29.8 Å². The van der Waals surface area contributed by atoms with Crippen LogP contribution in [0.4, 0.5) is 8.78 Å². The number of nitrogens with zero attached hydrogens (tertiary/aromatic N) is 1. The van der Waals surface area contributed by atoms with Crippen LogP contribution in [-0.4, -0.2) is 10.5 Å². The highest BCUT2D eigenvalue weighted by molar-refractivity contribution is 6.21. The Hall–Kier alpha value is -1.68. The van der Waals surface area contributed by atoms with Gasteiger partial charge in [0, 0.05) is 18.0 Å². The molecule has 0 spiro atoms. The summed E-state index contributed by atoms with van der Waals surface area (Å²) in [6.45, 7) is 0. The molecule has 17 heavy (non-hydrogen) atoms. The van der Waals surface area contributed by atoms with Crippen molar-refractivity contribution in [2.45, 2.75) is 5.38 Å². The Kier molecular flexibility index (Phi) is 2.98. The van der Waals surface area contributed by atoms with Gasteiger partial charge in [0.25, 0.3) is 5.91 Å². The Bertz CT molecular complexity index is 531. The van der Waals surface area contributed by atoms with Crippen molar-refractivity contribution in [1.82, 2.24) is 4.57 Å². The van der Waals surface area contributed by atoms with Gasteiger partial charge in [-0.1, -0.05) is 18.2 Å². The average molecular weight is 256 g/mol. The molecule has 2 rings (SSSR count). The zero-order valence-corrected chi connectivity index (χ0v) is 9.36. The minimum Gasteiger partial charge on any atom is -0.290 e. The van der Waals surface area contributed by atoms with Crippen molar-refractivity contribution in [2.24, 2.45) is 0 Å². The SMILES string of the molecule is O=C(c1ccccc1)n1ccc(C(F)(F)Cl)c1. The topological polar surface area (TPSA) is 22.0 Å². The molecule has 0 saturated heterocycles. The lowest BCUT2D eigenvalue weighted by molar-refractivity contribution is 0.0933. The van der Waals surface area contributed by atoms with E-state index in [2.05, 4.69) is 0 Å². The minimum atomic E-state index is -3.46. The summed E-state index contributed by atoms with van der Waals surface area (Å²) < 4.78 is 26.6. The van der Waals surface area contributed by atoms with E-state index in [0.717, 1.165) is 16.8 Å². The quantitative estimate of drug-likeness (QED) is 0.753. The Morgan fingerprint density at radius 1 is 1.18 bits per heavy atom. The number of rotatable bonds is 2. The van der Waals surface area contributed by atoms with Crippen LogP contribution >= 0.6 is 11.6 Å². The fourth-order valence-corrected chi connectivity index (χ4v) is 1.53. The summed E-state index contributed by atoms with van der Waals surface area (Å²) in [5.74, 6) is -0.377. The Morgan fingerprint density at radius 3 is 2.35 bits per heavy atom. The largest absolute Gasteiger partial charge is 0.349 e. The molecule has 1 aromatic carbocycles. The highest BCUT2D eigenvalue weighted by atomic mass is 35.5. The van der Waals surface area contributed by atoms with Gasteiger partial charge in [0.1, 0.15) is 0 Å². The van der Waals surface area contributed by atoms with Gasteiger partial charge in [-0.25, -0.2) is 0 Å². The zero-order valence-electron chi connectivity index (χ0n) is 8.61. The number of carbonyl (C=O) groups excluding carboxylic acids is 1. The van der Waals surface area contributed by atoms with Crippen molar-refractivity contribution in [3.63, 3.8) is 0 Å². The monoisotopic (exact) mass is 255 g/mol. The van der Waals surface area contributed by atoms with Crippen LogP contribution < -0.4 is 0 Å². The van der Waals surface area contributed by atoms with E-state index < -0.39 is 10.9 Å². The summed E-state index contributed by atoms with van der Waals surface area (Å²) in [4.78, 5) is 11.9. The molecule has 0 aliphatic heterocycles. The third-order valence-electron chi connectivity index (χ3n) is 2.28. The Morgan fingerprint density at radius 2 is 1.82 bits per heavy atom. The first kappa shape index (κ1) is 11.8. The number of alkyl halides is 3. The normalized spacial score (nSPS) is 11.5. The summed E-state index contributed by atoms with van der Waals surface area (Å²) in [6, 6.07) is 9.52. The third kappa shape index (κ3) is 2.53. The van der Waals surface area contributed by atoms with E-state index in [1.807, 2.05) is 0 Å². The maximum atomic E-state index is 12.8. The molecule has 1 aromatic heterocycles. The van der Waals surface area contributed by atoms with Gasteiger partial charge in [0.15, 0.2) is 0 Å². The summed E-state index contributed by atoms with van der Waals surface area (Å²) in [6.07, 6.45) is 2.29. The number of halogens is 3. The van der Waals surface area contributed by atoms with Crippen LogP contribution in [0.3, 0.4) is 0 Å². The van der Waals surface area contributed by atoms with E-state index in [1.165, 1.54) is 6.20 Å². The maximum Gasteiger partial charge on any atom is 0.349 e. The maximum absolute atomic E-state index is 12.8. The summed E-state index contributed by atoms with van der Waals surface area (Å²) in [5.41, 5.74) is 0.0241. The Balaban J connectivity index is 2.30. The van der Waals surface area contributed by atoms with Crippen molar-refractivity contribution in [3.05, 3.63) is 59.9 Å². The molecule has 0 fully saturated rings. The van der Waals surface area contributed by atoms with Crippen LogP contribution in [0.1, 0.15) is 15.9 Å². The molecule has 5 heteroatoms. The van der Waals surface area contributed by atoms with Gasteiger partial charge in [-0.15, -0.1) is 0 Å². The highest BCUT2D eigenvalue weighted by Gasteiger charge is 2.29. The van der Waals surface area contributed by atoms with E-state index in [9.17, 15) is 13.6 Å².